The van der Waals surface area contributed by atoms with Gasteiger partial charge in [0.1, 0.15) is 11.5 Å². The molecule has 1 aromatic carbocycles. The standard InChI is InChI=1S/C31H41N3O8/c1-34(2)24-19-11-16-10-18-22(25(36)21(16)28(38)31(19,41)29(39)23(26(24)37)30(32)40)20(35)12-17(27(18)42-3)14-33-13-15-8-6-4-5-7-9-15/h12,15-16,19,21,23-24,33,35,41H,4-11,13-14H2,1-3H3,(H2,32,40)/t16-,19-,21?,23?,24-,31-/m0/s1. The SMILES string of the molecule is COc1c(CNCC2CCCCCC2)cc(O)c2c1C[C@H]1C[C@H]3[C@H](N(C)C)C(=O)C(C(N)=O)C(=O)[C@@]3(O)C(=O)C1C2=O. The molecule has 3 saturated carbocycles. The Bertz CT molecular complexity index is 1320. The number of nitrogens with one attached hydrogen (secondary N) is 1. The molecular weight excluding hydrogens is 542 g/mol. The molecule has 11 nitrogen and oxygen atoms in total. The molecule has 0 heterocycles. The fourth-order valence-electron chi connectivity index (χ4n) is 8.08. The van der Waals surface area contributed by atoms with Gasteiger partial charge in [0, 0.05) is 23.6 Å². The predicted octanol–water partition coefficient (Wildman–Crippen LogP) is 0.936. The number of hydrogen-bond donors (Lipinski definition) is 4. The van der Waals surface area contributed by atoms with Crippen LogP contribution >= 0.6 is 0 Å². The summed E-state index contributed by atoms with van der Waals surface area (Å²) in [5.41, 5.74) is 3.72. The number of ketones is 4. The van der Waals surface area contributed by atoms with Crippen molar-refractivity contribution < 1.29 is 38.9 Å². The number of ether oxygens (including phenoxy) is 1. The van der Waals surface area contributed by atoms with Gasteiger partial charge >= 0.3 is 0 Å². The number of nitrogens with zero attached hydrogens (tertiary/aromatic N) is 1. The molecule has 42 heavy (non-hydrogen) atoms. The summed E-state index contributed by atoms with van der Waals surface area (Å²) in [7, 11) is 4.61. The van der Waals surface area contributed by atoms with E-state index in [-0.39, 0.29) is 24.2 Å². The van der Waals surface area contributed by atoms with E-state index in [4.69, 9.17) is 10.5 Å². The number of aromatic hydroxyl groups is 1. The molecule has 1 amide bonds. The molecule has 0 bridgehead atoms. The highest BCUT2D eigenvalue weighted by molar-refractivity contribution is 6.32. The van der Waals surface area contributed by atoms with Gasteiger partial charge in [-0.05, 0) is 64.2 Å². The number of phenols is 1. The van der Waals surface area contributed by atoms with Crippen molar-refractivity contribution in [2.45, 2.75) is 69.6 Å². The molecule has 0 saturated heterocycles. The largest absolute Gasteiger partial charge is 0.507 e. The predicted molar refractivity (Wildman–Crippen MR) is 151 cm³/mol. The maximum absolute atomic E-state index is 13.9. The first-order valence-electron chi connectivity index (χ1n) is 14.9. The van der Waals surface area contributed by atoms with Crippen LogP contribution in [-0.4, -0.2) is 83.5 Å². The third-order valence-corrected chi connectivity index (χ3v) is 10.0. The van der Waals surface area contributed by atoms with E-state index in [1.54, 1.807) is 14.1 Å². The summed E-state index contributed by atoms with van der Waals surface area (Å²) in [6.45, 7) is 1.25. The van der Waals surface area contributed by atoms with E-state index < -0.39 is 64.4 Å². The second-order valence-corrected chi connectivity index (χ2v) is 12.7. The lowest BCUT2D eigenvalue weighted by Gasteiger charge is -2.52. The van der Waals surface area contributed by atoms with Crippen molar-refractivity contribution in [3.8, 4) is 11.5 Å². The van der Waals surface area contributed by atoms with Crippen molar-refractivity contribution in [3.63, 3.8) is 0 Å². The molecule has 3 fully saturated rings. The third-order valence-electron chi connectivity index (χ3n) is 10.0. The zero-order chi connectivity index (χ0) is 30.5. The lowest BCUT2D eigenvalue weighted by atomic mass is 9.52. The Hall–Kier alpha value is -3.15. The van der Waals surface area contributed by atoms with Crippen LogP contribution < -0.4 is 15.8 Å². The molecule has 0 aromatic heterocycles. The van der Waals surface area contributed by atoms with E-state index in [9.17, 15) is 34.2 Å². The van der Waals surface area contributed by atoms with Gasteiger partial charge in [0.05, 0.1) is 24.6 Å². The maximum atomic E-state index is 13.9. The number of Topliss-reactive ketones (excluding diaryl/α,β-unsaturated/α-hetero) is 4. The number of methoxy groups -OCH3 is 1. The van der Waals surface area contributed by atoms with E-state index in [1.807, 2.05) is 0 Å². The van der Waals surface area contributed by atoms with Crippen LogP contribution in [0, 0.1) is 29.6 Å². The Morgan fingerprint density at radius 2 is 1.79 bits per heavy atom. The first kappa shape index (κ1) is 30.3. The molecule has 0 spiro atoms. The van der Waals surface area contributed by atoms with Crippen LogP contribution in [0.1, 0.15) is 66.4 Å². The lowest BCUT2D eigenvalue weighted by Crippen LogP contribution is -2.74. The van der Waals surface area contributed by atoms with Gasteiger partial charge in [-0.15, -0.1) is 0 Å². The van der Waals surface area contributed by atoms with Crippen LogP contribution in [0.2, 0.25) is 0 Å². The normalized spacial score (nSPS) is 31.8. The molecule has 5 N–H and O–H groups in total. The number of carbonyl (C=O) groups excluding carboxylic acids is 5. The van der Waals surface area contributed by atoms with Gasteiger partial charge in [0.15, 0.2) is 34.7 Å². The molecule has 6 atom stereocenters. The summed E-state index contributed by atoms with van der Waals surface area (Å²) >= 11 is 0. The highest BCUT2D eigenvalue weighted by atomic mass is 16.5. The van der Waals surface area contributed by atoms with Crippen LogP contribution in [0.5, 0.6) is 11.5 Å². The minimum atomic E-state index is -2.74. The topological polar surface area (TPSA) is 176 Å². The minimum absolute atomic E-state index is 0.00201. The van der Waals surface area contributed by atoms with Crippen LogP contribution in [0.4, 0.5) is 0 Å². The van der Waals surface area contributed by atoms with Crippen molar-refractivity contribution >= 4 is 29.0 Å². The molecule has 4 aliphatic carbocycles. The number of hydrogen-bond acceptors (Lipinski definition) is 10. The summed E-state index contributed by atoms with van der Waals surface area (Å²) < 4.78 is 5.77. The second-order valence-electron chi connectivity index (χ2n) is 12.7. The van der Waals surface area contributed by atoms with Gasteiger partial charge in [-0.1, -0.05) is 25.7 Å². The first-order valence-corrected chi connectivity index (χ1v) is 14.9. The Morgan fingerprint density at radius 3 is 2.38 bits per heavy atom. The molecule has 5 rings (SSSR count). The highest BCUT2D eigenvalue weighted by Gasteiger charge is 2.69. The molecule has 4 aliphatic rings. The van der Waals surface area contributed by atoms with Crippen molar-refractivity contribution in [2.75, 3.05) is 27.7 Å². The smallest absolute Gasteiger partial charge is 0.235 e. The van der Waals surface area contributed by atoms with E-state index in [0.29, 0.717) is 29.3 Å². The highest BCUT2D eigenvalue weighted by Crippen LogP contribution is 2.52. The van der Waals surface area contributed by atoms with Crippen LogP contribution in [0.25, 0.3) is 0 Å². The fraction of sp³-hybridized carbons (Fsp3) is 0.645. The summed E-state index contributed by atoms with van der Waals surface area (Å²) in [5, 5.41) is 26.2. The fourth-order valence-corrected chi connectivity index (χ4v) is 8.08. The Kier molecular flexibility index (Phi) is 8.30. The van der Waals surface area contributed by atoms with Crippen molar-refractivity contribution in [3.05, 3.63) is 22.8 Å². The first-order chi connectivity index (χ1) is 19.9. The zero-order valence-electron chi connectivity index (χ0n) is 24.5. The molecule has 0 radical (unpaired) electrons. The van der Waals surface area contributed by atoms with Crippen LogP contribution in [0.15, 0.2) is 6.07 Å². The number of primary amides is 1. The van der Waals surface area contributed by atoms with E-state index >= 15 is 0 Å². The number of rotatable bonds is 7. The van der Waals surface area contributed by atoms with Crippen molar-refractivity contribution in [1.29, 1.82) is 0 Å². The van der Waals surface area contributed by atoms with Gasteiger partial charge in [0.25, 0.3) is 0 Å². The van der Waals surface area contributed by atoms with E-state index in [1.165, 1.54) is 56.6 Å². The molecular formula is C31H41N3O8. The van der Waals surface area contributed by atoms with Gasteiger partial charge in [-0.3, -0.25) is 28.9 Å². The molecule has 11 heteroatoms. The number of phenolic OH excluding ortho intramolecular Hbond substituents is 1. The van der Waals surface area contributed by atoms with E-state index in [0.717, 1.165) is 6.54 Å². The van der Waals surface area contributed by atoms with Crippen LogP contribution in [-0.2, 0) is 32.1 Å². The number of fused-ring (bicyclic) bond motifs is 3. The number of nitrogens with two attached hydrogens (primary N) is 1. The molecule has 2 unspecified atom stereocenters. The van der Waals surface area contributed by atoms with Crippen LogP contribution in [0.3, 0.4) is 0 Å². The quantitative estimate of drug-likeness (QED) is 0.267. The van der Waals surface area contributed by atoms with E-state index in [2.05, 4.69) is 5.32 Å². The van der Waals surface area contributed by atoms with Gasteiger partial charge in [-0.25, -0.2) is 0 Å². The lowest BCUT2D eigenvalue weighted by molar-refractivity contribution is -0.181. The monoisotopic (exact) mass is 583 g/mol. The molecule has 228 valence electrons. The van der Waals surface area contributed by atoms with Gasteiger partial charge in [0.2, 0.25) is 5.91 Å². The Morgan fingerprint density at radius 1 is 1.12 bits per heavy atom. The second kappa shape index (κ2) is 11.5. The number of carbonyl (C=O) groups is 5. The minimum Gasteiger partial charge on any atom is -0.507 e. The number of amides is 1. The molecule has 0 aliphatic heterocycles. The zero-order valence-corrected chi connectivity index (χ0v) is 24.5. The van der Waals surface area contributed by atoms with Crippen molar-refractivity contribution in [2.24, 2.45) is 35.3 Å². The number of benzene rings is 1. The van der Waals surface area contributed by atoms with Gasteiger partial charge < -0.3 is 26.0 Å². The Labute approximate surface area is 245 Å². The van der Waals surface area contributed by atoms with Crippen molar-refractivity contribution in [1.82, 2.24) is 10.2 Å². The molecule has 1 aromatic rings. The maximum Gasteiger partial charge on any atom is 0.235 e. The average Bonchev–Trinajstić information content (AvgIpc) is 3.19. The average molecular weight is 584 g/mol. The Balaban J connectivity index is 1.49. The number of likely N-dealkylation sites (N-methyl/N-ethyl adjacent to an activating group) is 1. The summed E-state index contributed by atoms with van der Waals surface area (Å²) in [6.07, 6.45) is 7.51. The summed E-state index contributed by atoms with van der Waals surface area (Å²) in [6, 6.07) is 0.331. The third kappa shape index (κ3) is 4.75. The van der Waals surface area contributed by atoms with Gasteiger partial charge in [-0.2, -0.15) is 0 Å². The summed E-state index contributed by atoms with van der Waals surface area (Å²) in [4.78, 5) is 68.1. The summed E-state index contributed by atoms with van der Waals surface area (Å²) in [5.74, 6) is -9.57. The number of aliphatic hydroxyl groups is 1.